The van der Waals surface area contributed by atoms with Gasteiger partial charge in [-0.15, -0.1) is 0 Å². The standard InChI is InChI=1S/C10H11NO/c1-2-7-5-8-3-4-12-6-9(8)10(7)11/h3-6H,2,11H2,1H3. The van der Waals surface area contributed by atoms with Crippen LogP contribution in [0.5, 0.6) is 0 Å². The van der Waals surface area contributed by atoms with Gasteiger partial charge in [-0.05, 0) is 29.7 Å². The Morgan fingerprint density at radius 2 is 2.33 bits per heavy atom. The Morgan fingerprint density at radius 3 is 3.00 bits per heavy atom. The van der Waals surface area contributed by atoms with E-state index in [9.17, 15) is 0 Å². The molecule has 12 heavy (non-hydrogen) atoms. The van der Waals surface area contributed by atoms with Gasteiger partial charge in [0.1, 0.15) is 6.26 Å². The van der Waals surface area contributed by atoms with Crippen molar-refractivity contribution in [2.45, 2.75) is 13.3 Å². The van der Waals surface area contributed by atoms with E-state index in [0.29, 0.717) is 0 Å². The third kappa shape index (κ3) is 0.881. The van der Waals surface area contributed by atoms with Gasteiger partial charge in [-0.3, -0.25) is 0 Å². The fraction of sp³-hybridized carbons (Fsp3) is 0.200. The van der Waals surface area contributed by atoms with Gasteiger partial charge in [-0.25, -0.2) is 0 Å². The van der Waals surface area contributed by atoms with E-state index in [2.05, 4.69) is 13.0 Å². The summed E-state index contributed by atoms with van der Waals surface area (Å²) in [6, 6.07) is 4.05. The maximum absolute atomic E-state index is 5.89. The smallest absolute Gasteiger partial charge is 0.100 e. The molecule has 0 radical (unpaired) electrons. The number of nitrogens with two attached hydrogens (primary N) is 1. The van der Waals surface area contributed by atoms with Crippen molar-refractivity contribution in [1.29, 1.82) is 0 Å². The number of fused-ring (bicyclic) bond motifs is 1. The molecule has 2 nitrogen and oxygen atoms in total. The van der Waals surface area contributed by atoms with Crippen molar-refractivity contribution in [3.8, 4) is 11.1 Å². The molecular formula is C10H11NO. The number of hydrogen-bond acceptors (Lipinski definition) is 2. The van der Waals surface area contributed by atoms with E-state index in [0.717, 1.165) is 23.2 Å². The fourth-order valence-electron chi connectivity index (χ4n) is 1.45. The number of nitrogen functional groups attached to an aromatic ring is 1. The van der Waals surface area contributed by atoms with E-state index in [1.807, 2.05) is 6.07 Å². The van der Waals surface area contributed by atoms with Crippen molar-refractivity contribution in [3.63, 3.8) is 0 Å². The van der Waals surface area contributed by atoms with Crippen molar-refractivity contribution in [2.24, 2.45) is 0 Å². The van der Waals surface area contributed by atoms with Gasteiger partial charge in [0.25, 0.3) is 0 Å². The lowest BCUT2D eigenvalue weighted by Crippen LogP contribution is -1.87. The van der Waals surface area contributed by atoms with Gasteiger partial charge in [-0.2, -0.15) is 0 Å². The number of aryl methyl sites for hydroxylation is 1. The predicted molar refractivity (Wildman–Crippen MR) is 49.1 cm³/mol. The highest BCUT2D eigenvalue weighted by atomic mass is 16.3. The minimum Gasteiger partial charge on any atom is -0.472 e. The zero-order chi connectivity index (χ0) is 8.55. The van der Waals surface area contributed by atoms with E-state index in [1.165, 1.54) is 5.56 Å². The Hall–Kier alpha value is -1.44. The summed E-state index contributed by atoms with van der Waals surface area (Å²) in [5.41, 5.74) is 10.1. The molecule has 1 aliphatic carbocycles. The maximum Gasteiger partial charge on any atom is 0.100 e. The molecular weight excluding hydrogens is 150 g/mol. The lowest BCUT2D eigenvalue weighted by molar-refractivity contribution is 0.552. The highest BCUT2D eigenvalue weighted by Crippen LogP contribution is 2.33. The fourth-order valence-corrected chi connectivity index (χ4v) is 1.45. The number of hydrogen-bond donors (Lipinski definition) is 1. The van der Waals surface area contributed by atoms with Crippen LogP contribution in [0.3, 0.4) is 0 Å². The Balaban J connectivity index is 2.70. The van der Waals surface area contributed by atoms with Gasteiger partial charge in [-0.1, -0.05) is 6.92 Å². The second kappa shape index (κ2) is 2.55. The monoisotopic (exact) mass is 161 g/mol. The molecule has 0 aromatic heterocycles. The van der Waals surface area contributed by atoms with Gasteiger partial charge in [0, 0.05) is 11.3 Å². The molecule has 0 unspecified atom stereocenters. The summed E-state index contributed by atoms with van der Waals surface area (Å²) in [4.78, 5) is 0. The van der Waals surface area contributed by atoms with Gasteiger partial charge < -0.3 is 10.2 Å². The number of rotatable bonds is 1. The molecule has 0 saturated heterocycles. The summed E-state index contributed by atoms with van der Waals surface area (Å²) in [5.74, 6) is 0. The molecule has 0 atom stereocenters. The predicted octanol–water partition coefficient (Wildman–Crippen LogP) is 2.53. The minimum absolute atomic E-state index is 0.858. The van der Waals surface area contributed by atoms with Crippen LogP contribution >= 0.6 is 0 Å². The number of anilines is 1. The Labute approximate surface area is 71.3 Å². The average molecular weight is 161 g/mol. The zero-order valence-electron chi connectivity index (χ0n) is 7.00. The topological polar surface area (TPSA) is 39.2 Å². The van der Waals surface area contributed by atoms with Crippen LogP contribution < -0.4 is 5.73 Å². The minimum atomic E-state index is 0.858. The van der Waals surface area contributed by atoms with Crippen molar-refractivity contribution in [2.75, 3.05) is 5.73 Å². The molecule has 1 aliphatic heterocycles. The van der Waals surface area contributed by atoms with Crippen molar-refractivity contribution < 1.29 is 4.42 Å². The van der Waals surface area contributed by atoms with E-state index >= 15 is 0 Å². The molecule has 2 heteroatoms. The van der Waals surface area contributed by atoms with E-state index in [-0.39, 0.29) is 0 Å². The molecule has 0 spiro atoms. The van der Waals surface area contributed by atoms with Gasteiger partial charge in [0.2, 0.25) is 0 Å². The highest BCUT2D eigenvalue weighted by Gasteiger charge is 2.11. The molecule has 1 heterocycles. The average Bonchev–Trinajstić information content (AvgIpc) is 2.44. The highest BCUT2D eigenvalue weighted by molar-refractivity contribution is 5.82. The third-order valence-corrected chi connectivity index (χ3v) is 2.17. The van der Waals surface area contributed by atoms with Crippen molar-refractivity contribution in [3.05, 3.63) is 30.2 Å². The van der Waals surface area contributed by atoms with Crippen LogP contribution in [0.25, 0.3) is 11.1 Å². The summed E-state index contributed by atoms with van der Waals surface area (Å²) in [7, 11) is 0. The summed E-state index contributed by atoms with van der Waals surface area (Å²) in [5, 5.41) is 0. The maximum atomic E-state index is 5.89. The quantitative estimate of drug-likeness (QED) is 0.698. The van der Waals surface area contributed by atoms with Crippen molar-refractivity contribution in [1.82, 2.24) is 0 Å². The molecule has 2 N–H and O–H groups in total. The first-order chi connectivity index (χ1) is 5.83. The lowest BCUT2D eigenvalue weighted by Gasteiger charge is -1.97. The molecule has 2 aliphatic rings. The Kier molecular flexibility index (Phi) is 1.54. The molecule has 2 rings (SSSR count). The van der Waals surface area contributed by atoms with Gasteiger partial charge in [0.15, 0.2) is 0 Å². The summed E-state index contributed by atoms with van der Waals surface area (Å²) in [6.45, 7) is 2.10. The van der Waals surface area contributed by atoms with Crippen molar-refractivity contribution >= 4 is 5.69 Å². The first-order valence-electron chi connectivity index (χ1n) is 4.06. The first-order valence-corrected chi connectivity index (χ1v) is 4.06. The van der Waals surface area contributed by atoms with Crippen LogP contribution in [0.2, 0.25) is 0 Å². The molecule has 62 valence electrons. The van der Waals surface area contributed by atoms with E-state index in [4.69, 9.17) is 10.2 Å². The van der Waals surface area contributed by atoms with Crippen LogP contribution in [0, 0.1) is 0 Å². The lowest BCUT2D eigenvalue weighted by atomic mass is 10.2. The summed E-state index contributed by atoms with van der Waals surface area (Å²) >= 11 is 0. The molecule has 0 fully saturated rings. The zero-order valence-corrected chi connectivity index (χ0v) is 7.00. The van der Waals surface area contributed by atoms with Gasteiger partial charge >= 0.3 is 0 Å². The molecule has 0 bridgehead atoms. The first kappa shape index (κ1) is 7.22. The third-order valence-electron chi connectivity index (χ3n) is 2.17. The van der Waals surface area contributed by atoms with Crippen LogP contribution in [-0.4, -0.2) is 0 Å². The van der Waals surface area contributed by atoms with Crippen LogP contribution in [0.4, 0.5) is 5.69 Å². The molecule has 0 aromatic carbocycles. The van der Waals surface area contributed by atoms with Crippen LogP contribution in [0.1, 0.15) is 12.5 Å². The SMILES string of the molecule is CCc1cc2ccocc-2c1N. The largest absolute Gasteiger partial charge is 0.472 e. The normalized spacial score (nSPS) is 10.8. The van der Waals surface area contributed by atoms with Gasteiger partial charge in [0.05, 0.1) is 6.26 Å². The molecule has 0 amide bonds. The van der Waals surface area contributed by atoms with Crippen LogP contribution in [0.15, 0.2) is 29.1 Å². The second-order valence-electron chi connectivity index (χ2n) is 2.86. The summed E-state index contributed by atoms with van der Waals surface area (Å²) in [6.07, 6.45) is 4.34. The summed E-state index contributed by atoms with van der Waals surface area (Å²) < 4.78 is 5.05. The molecule has 0 aromatic rings. The van der Waals surface area contributed by atoms with E-state index < -0.39 is 0 Å². The van der Waals surface area contributed by atoms with E-state index in [1.54, 1.807) is 12.5 Å². The Morgan fingerprint density at radius 1 is 1.50 bits per heavy atom. The van der Waals surface area contributed by atoms with Crippen LogP contribution in [-0.2, 0) is 6.42 Å². The molecule has 0 saturated carbocycles. The second-order valence-corrected chi connectivity index (χ2v) is 2.86. The Bertz CT molecular complexity index is 364.